The monoisotopic (exact) mass is 198 g/mol. The summed E-state index contributed by atoms with van der Waals surface area (Å²) in [5, 5.41) is 0. The standard InChI is InChI=1S/C12H16F2/c1-7(2)9-5-10(8(3)4)12(14)11(13)6-9/h5-8H,1-4H3. The average molecular weight is 198 g/mol. The molecule has 1 aromatic carbocycles. The van der Waals surface area contributed by atoms with Crippen LogP contribution in [-0.4, -0.2) is 0 Å². The van der Waals surface area contributed by atoms with Crippen molar-refractivity contribution in [2.75, 3.05) is 0 Å². The topological polar surface area (TPSA) is 0 Å². The second kappa shape index (κ2) is 4.07. The van der Waals surface area contributed by atoms with Crippen LogP contribution in [0.2, 0.25) is 0 Å². The molecule has 0 N–H and O–H groups in total. The molecule has 0 unspecified atom stereocenters. The molecule has 0 heterocycles. The van der Waals surface area contributed by atoms with Gasteiger partial charge in [-0.05, 0) is 29.0 Å². The molecule has 1 aromatic rings. The summed E-state index contributed by atoms with van der Waals surface area (Å²) >= 11 is 0. The normalized spacial score (nSPS) is 11.4. The molecule has 0 saturated heterocycles. The van der Waals surface area contributed by atoms with E-state index in [1.807, 2.05) is 27.7 Å². The minimum atomic E-state index is -0.736. The third kappa shape index (κ3) is 2.11. The Morgan fingerprint density at radius 3 is 1.93 bits per heavy atom. The van der Waals surface area contributed by atoms with E-state index in [0.717, 1.165) is 5.56 Å². The van der Waals surface area contributed by atoms with Gasteiger partial charge in [-0.15, -0.1) is 0 Å². The number of halogens is 2. The predicted octanol–water partition coefficient (Wildman–Crippen LogP) is 4.21. The van der Waals surface area contributed by atoms with Gasteiger partial charge in [-0.25, -0.2) is 8.78 Å². The quantitative estimate of drug-likeness (QED) is 0.667. The first-order valence-electron chi connectivity index (χ1n) is 4.92. The molecule has 0 saturated carbocycles. The molecular formula is C12H16F2. The fraction of sp³-hybridized carbons (Fsp3) is 0.500. The van der Waals surface area contributed by atoms with Crippen molar-refractivity contribution in [2.24, 2.45) is 0 Å². The molecule has 0 atom stereocenters. The molecule has 0 aromatic heterocycles. The molecule has 78 valence electrons. The first kappa shape index (κ1) is 11.2. The number of benzene rings is 1. The highest BCUT2D eigenvalue weighted by Crippen LogP contribution is 2.25. The predicted molar refractivity (Wildman–Crippen MR) is 54.5 cm³/mol. The van der Waals surface area contributed by atoms with E-state index in [0.29, 0.717) is 5.56 Å². The Kier molecular flexibility index (Phi) is 3.25. The molecule has 0 fully saturated rings. The molecule has 0 nitrogen and oxygen atoms in total. The molecule has 2 heteroatoms. The third-order valence-electron chi connectivity index (χ3n) is 2.37. The summed E-state index contributed by atoms with van der Waals surface area (Å²) in [4.78, 5) is 0. The lowest BCUT2D eigenvalue weighted by molar-refractivity contribution is 0.491. The van der Waals surface area contributed by atoms with Crippen molar-refractivity contribution in [2.45, 2.75) is 39.5 Å². The van der Waals surface area contributed by atoms with Crippen molar-refractivity contribution < 1.29 is 8.78 Å². The summed E-state index contributed by atoms with van der Waals surface area (Å²) < 4.78 is 26.5. The zero-order valence-corrected chi connectivity index (χ0v) is 9.07. The van der Waals surface area contributed by atoms with E-state index < -0.39 is 11.6 Å². The van der Waals surface area contributed by atoms with Crippen LogP contribution in [0.4, 0.5) is 8.78 Å². The molecule has 0 aliphatic rings. The largest absolute Gasteiger partial charge is 0.204 e. The van der Waals surface area contributed by atoms with Crippen LogP contribution in [0.3, 0.4) is 0 Å². The van der Waals surface area contributed by atoms with Gasteiger partial charge >= 0.3 is 0 Å². The number of hydrogen-bond acceptors (Lipinski definition) is 0. The average Bonchev–Trinajstić information content (AvgIpc) is 2.08. The van der Waals surface area contributed by atoms with Gasteiger partial charge in [0.25, 0.3) is 0 Å². The van der Waals surface area contributed by atoms with Gasteiger partial charge in [-0.2, -0.15) is 0 Å². The molecule has 0 spiro atoms. The minimum Gasteiger partial charge on any atom is -0.204 e. The smallest absolute Gasteiger partial charge is 0.162 e. The highest BCUT2D eigenvalue weighted by atomic mass is 19.2. The minimum absolute atomic E-state index is 0.0169. The first-order valence-corrected chi connectivity index (χ1v) is 4.92. The van der Waals surface area contributed by atoms with Gasteiger partial charge in [0.2, 0.25) is 0 Å². The summed E-state index contributed by atoms with van der Waals surface area (Å²) in [5.74, 6) is -1.20. The maximum Gasteiger partial charge on any atom is 0.162 e. The Morgan fingerprint density at radius 2 is 1.50 bits per heavy atom. The van der Waals surface area contributed by atoms with Crippen molar-refractivity contribution in [1.82, 2.24) is 0 Å². The molecule has 1 rings (SSSR count). The van der Waals surface area contributed by atoms with E-state index >= 15 is 0 Å². The highest BCUT2D eigenvalue weighted by molar-refractivity contribution is 5.30. The molecule has 0 amide bonds. The van der Waals surface area contributed by atoms with Gasteiger partial charge in [0, 0.05) is 0 Å². The fourth-order valence-corrected chi connectivity index (χ4v) is 1.39. The zero-order valence-electron chi connectivity index (χ0n) is 9.07. The Labute approximate surface area is 84.0 Å². The van der Waals surface area contributed by atoms with Gasteiger partial charge in [0.05, 0.1) is 0 Å². The number of hydrogen-bond donors (Lipinski definition) is 0. The lowest BCUT2D eigenvalue weighted by Crippen LogP contribution is -2.00. The second-order valence-electron chi connectivity index (χ2n) is 4.22. The van der Waals surface area contributed by atoms with Crippen LogP contribution in [0, 0.1) is 11.6 Å². The van der Waals surface area contributed by atoms with Crippen LogP contribution in [0.5, 0.6) is 0 Å². The van der Waals surface area contributed by atoms with E-state index in [-0.39, 0.29) is 11.8 Å². The van der Waals surface area contributed by atoms with E-state index in [1.165, 1.54) is 6.07 Å². The zero-order chi connectivity index (χ0) is 10.9. The van der Waals surface area contributed by atoms with Crippen molar-refractivity contribution >= 4 is 0 Å². The van der Waals surface area contributed by atoms with Crippen molar-refractivity contribution in [3.8, 4) is 0 Å². The fourth-order valence-electron chi connectivity index (χ4n) is 1.39. The van der Waals surface area contributed by atoms with Gasteiger partial charge in [-0.3, -0.25) is 0 Å². The van der Waals surface area contributed by atoms with Crippen molar-refractivity contribution in [3.63, 3.8) is 0 Å². The van der Waals surface area contributed by atoms with E-state index in [1.54, 1.807) is 6.07 Å². The summed E-state index contributed by atoms with van der Waals surface area (Å²) in [5.41, 5.74) is 1.32. The van der Waals surface area contributed by atoms with Crippen LogP contribution in [0.25, 0.3) is 0 Å². The van der Waals surface area contributed by atoms with Gasteiger partial charge in [0.1, 0.15) is 0 Å². The SMILES string of the molecule is CC(C)c1cc(F)c(F)c(C(C)C)c1. The van der Waals surface area contributed by atoms with Crippen LogP contribution in [0.15, 0.2) is 12.1 Å². The molecule has 14 heavy (non-hydrogen) atoms. The van der Waals surface area contributed by atoms with Gasteiger partial charge in [-0.1, -0.05) is 33.8 Å². The Morgan fingerprint density at radius 1 is 0.929 bits per heavy atom. The van der Waals surface area contributed by atoms with Gasteiger partial charge < -0.3 is 0 Å². The highest BCUT2D eigenvalue weighted by Gasteiger charge is 2.14. The lowest BCUT2D eigenvalue weighted by atomic mass is 9.95. The van der Waals surface area contributed by atoms with Crippen LogP contribution in [0.1, 0.15) is 50.7 Å². The summed E-state index contributed by atoms with van der Waals surface area (Å²) in [7, 11) is 0. The molecular weight excluding hydrogens is 182 g/mol. The van der Waals surface area contributed by atoms with Crippen LogP contribution >= 0.6 is 0 Å². The second-order valence-corrected chi connectivity index (χ2v) is 4.22. The molecule has 0 aliphatic heterocycles. The lowest BCUT2D eigenvalue weighted by Gasteiger charge is -2.12. The van der Waals surface area contributed by atoms with Crippen molar-refractivity contribution in [1.29, 1.82) is 0 Å². The van der Waals surface area contributed by atoms with E-state index in [9.17, 15) is 8.78 Å². The van der Waals surface area contributed by atoms with Crippen LogP contribution < -0.4 is 0 Å². The Hall–Kier alpha value is -0.920. The molecule has 0 aliphatic carbocycles. The number of rotatable bonds is 2. The van der Waals surface area contributed by atoms with Crippen molar-refractivity contribution in [3.05, 3.63) is 34.9 Å². The Balaban J connectivity index is 3.28. The van der Waals surface area contributed by atoms with Crippen LogP contribution in [-0.2, 0) is 0 Å². The molecule has 0 bridgehead atoms. The summed E-state index contributed by atoms with van der Waals surface area (Å²) in [6.45, 7) is 7.66. The van der Waals surface area contributed by atoms with E-state index in [4.69, 9.17) is 0 Å². The summed E-state index contributed by atoms with van der Waals surface area (Å²) in [6, 6.07) is 3.04. The molecule has 0 radical (unpaired) electrons. The first-order chi connectivity index (χ1) is 6.43. The maximum atomic E-state index is 13.3. The van der Waals surface area contributed by atoms with E-state index in [2.05, 4.69) is 0 Å². The van der Waals surface area contributed by atoms with Gasteiger partial charge in [0.15, 0.2) is 11.6 Å². The summed E-state index contributed by atoms with van der Waals surface area (Å²) in [6.07, 6.45) is 0. The Bertz CT molecular complexity index is 327. The third-order valence-corrected chi connectivity index (χ3v) is 2.37. The maximum absolute atomic E-state index is 13.3.